The smallest absolute Gasteiger partial charge is 0.157 e. The first kappa shape index (κ1) is 10.7. The zero-order valence-corrected chi connectivity index (χ0v) is 9.91. The number of anilines is 1. The summed E-state index contributed by atoms with van der Waals surface area (Å²) < 4.78 is 5.77. The maximum absolute atomic E-state index is 5.87. The van der Waals surface area contributed by atoms with E-state index in [4.69, 9.17) is 10.2 Å². The van der Waals surface area contributed by atoms with Gasteiger partial charge in [-0.2, -0.15) is 0 Å². The molecule has 1 aromatic heterocycles. The molecule has 0 radical (unpaired) electrons. The average Bonchev–Trinajstić information content (AvgIpc) is 2.95. The summed E-state index contributed by atoms with van der Waals surface area (Å²) >= 11 is 0. The van der Waals surface area contributed by atoms with Crippen LogP contribution in [0.3, 0.4) is 0 Å². The summed E-state index contributed by atoms with van der Waals surface area (Å²) in [5.74, 6) is 0.977. The fraction of sp³-hybridized carbons (Fsp3) is 0.429. The number of fused-ring (bicyclic) bond motifs is 1. The summed E-state index contributed by atoms with van der Waals surface area (Å²) in [6.07, 6.45) is 5.29. The van der Waals surface area contributed by atoms with Gasteiger partial charge in [-0.15, -0.1) is 0 Å². The normalized spacial score (nSPS) is 16.9. The van der Waals surface area contributed by atoms with Gasteiger partial charge in [-0.05, 0) is 25.0 Å². The molecule has 3 heteroatoms. The van der Waals surface area contributed by atoms with Crippen molar-refractivity contribution in [2.75, 3.05) is 5.73 Å². The SMILES string of the molecule is Nc1cccc2cc(CNC3CCCC3)oc12. The number of benzene rings is 1. The third kappa shape index (κ3) is 2.15. The third-order valence-corrected chi connectivity index (χ3v) is 3.55. The summed E-state index contributed by atoms with van der Waals surface area (Å²) in [6.45, 7) is 0.804. The van der Waals surface area contributed by atoms with E-state index < -0.39 is 0 Å². The van der Waals surface area contributed by atoms with Crippen molar-refractivity contribution in [3.8, 4) is 0 Å². The molecular formula is C14H18N2O. The summed E-state index contributed by atoms with van der Waals surface area (Å²) in [5, 5.41) is 4.63. The molecule has 0 aliphatic heterocycles. The number of hydrogen-bond donors (Lipinski definition) is 2. The lowest BCUT2D eigenvalue weighted by Gasteiger charge is -2.09. The molecule has 0 atom stereocenters. The van der Waals surface area contributed by atoms with Crippen molar-refractivity contribution in [1.82, 2.24) is 5.32 Å². The first-order valence-corrected chi connectivity index (χ1v) is 6.33. The molecule has 90 valence electrons. The first-order chi connectivity index (χ1) is 8.33. The molecule has 0 spiro atoms. The van der Waals surface area contributed by atoms with E-state index in [0.717, 1.165) is 29.0 Å². The van der Waals surface area contributed by atoms with Gasteiger partial charge in [0.1, 0.15) is 5.76 Å². The Bertz CT molecular complexity index is 512. The molecule has 3 rings (SSSR count). The Hall–Kier alpha value is -1.48. The van der Waals surface area contributed by atoms with Gasteiger partial charge in [-0.1, -0.05) is 25.0 Å². The topological polar surface area (TPSA) is 51.2 Å². The number of rotatable bonds is 3. The van der Waals surface area contributed by atoms with Crippen molar-refractivity contribution < 1.29 is 4.42 Å². The lowest BCUT2D eigenvalue weighted by atomic mass is 10.2. The fourth-order valence-electron chi connectivity index (χ4n) is 2.60. The first-order valence-electron chi connectivity index (χ1n) is 6.33. The van der Waals surface area contributed by atoms with E-state index in [9.17, 15) is 0 Å². The molecule has 2 aromatic rings. The van der Waals surface area contributed by atoms with E-state index in [1.165, 1.54) is 25.7 Å². The van der Waals surface area contributed by atoms with E-state index in [1.54, 1.807) is 0 Å². The minimum atomic E-state index is 0.667. The molecular weight excluding hydrogens is 212 g/mol. The highest BCUT2D eigenvalue weighted by atomic mass is 16.3. The molecule has 17 heavy (non-hydrogen) atoms. The van der Waals surface area contributed by atoms with Crippen LogP contribution in [0.1, 0.15) is 31.4 Å². The van der Waals surface area contributed by atoms with E-state index in [1.807, 2.05) is 18.2 Å². The van der Waals surface area contributed by atoms with Crippen molar-refractivity contribution >= 4 is 16.7 Å². The van der Waals surface area contributed by atoms with Crippen molar-refractivity contribution in [2.45, 2.75) is 38.3 Å². The summed E-state index contributed by atoms with van der Waals surface area (Å²) in [7, 11) is 0. The van der Waals surface area contributed by atoms with Crippen LogP contribution in [-0.2, 0) is 6.54 Å². The summed E-state index contributed by atoms with van der Waals surface area (Å²) in [4.78, 5) is 0. The van der Waals surface area contributed by atoms with Gasteiger partial charge < -0.3 is 15.5 Å². The number of hydrogen-bond acceptors (Lipinski definition) is 3. The third-order valence-electron chi connectivity index (χ3n) is 3.55. The van der Waals surface area contributed by atoms with Crippen molar-refractivity contribution in [1.29, 1.82) is 0 Å². The van der Waals surface area contributed by atoms with Crippen LogP contribution in [0.25, 0.3) is 11.0 Å². The molecule has 3 N–H and O–H groups in total. The number of nitrogens with two attached hydrogens (primary N) is 1. The molecule has 0 saturated heterocycles. The predicted octanol–water partition coefficient (Wildman–Crippen LogP) is 3.05. The minimum absolute atomic E-state index is 0.667. The van der Waals surface area contributed by atoms with Gasteiger partial charge in [0.25, 0.3) is 0 Å². The van der Waals surface area contributed by atoms with Gasteiger partial charge in [0.05, 0.1) is 12.2 Å². The minimum Gasteiger partial charge on any atom is -0.458 e. The second-order valence-corrected chi connectivity index (χ2v) is 4.84. The Kier molecular flexibility index (Phi) is 2.77. The summed E-state index contributed by atoms with van der Waals surface area (Å²) in [5.41, 5.74) is 7.41. The number of nitrogen functional groups attached to an aromatic ring is 1. The Balaban J connectivity index is 1.74. The Morgan fingerprint density at radius 2 is 2.12 bits per heavy atom. The van der Waals surface area contributed by atoms with Crippen LogP contribution >= 0.6 is 0 Å². The molecule has 1 aromatic carbocycles. The molecule has 0 bridgehead atoms. The highest BCUT2D eigenvalue weighted by Gasteiger charge is 2.15. The van der Waals surface area contributed by atoms with Crippen LogP contribution in [0.4, 0.5) is 5.69 Å². The highest BCUT2D eigenvalue weighted by Crippen LogP contribution is 2.25. The van der Waals surface area contributed by atoms with E-state index in [2.05, 4.69) is 11.4 Å². The Morgan fingerprint density at radius 3 is 2.88 bits per heavy atom. The fourth-order valence-corrected chi connectivity index (χ4v) is 2.60. The predicted molar refractivity (Wildman–Crippen MR) is 69.7 cm³/mol. The van der Waals surface area contributed by atoms with Crippen LogP contribution in [0, 0.1) is 0 Å². The second-order valence-electron chi connectivity index (χ2n) is 4.84. The standard InChI is InChI=1S/C14H18N2O/c15-13-7-3-4-10-8-12(17-14(10)13)9-16-11-5-1-2-6-11/h3-4,7-8,11,16H,1-2,5-6,9,15H2. The summed E-state index contributed by atoms with van der Waals surface area (Å²) in [6, 6.07) is 8.61. The number of para-hydroxylation sites is 1. The van der Waals surface area contributed by atoms with Crippen LogP contribution in [0.5, 0.6) is 0 Å². The monoisotopic (exact) mass is 230 g/mol. The van der Waals surface area contributed by atoms with Gasteiger partial charge in [0.2, 0.25) is 0 Å². The van der Waals surface area contributed by atoms with Crippen LogP contribution in [-0.4, -0.2) is 6.04 Å². The van der Waals surface area contributed by atoms with Crippen molar-refractivity contribution in [2.24, 2.45) is 0 Å². The molecule has 1 heterocycles. The highest BCUT2D eigenvalue weighted by molar-refractivity contribution is 5.88. The van der Waals surface area contributed by atoms with E-state index in [0.29, 0.717) is 6.04 Å². The Labute approximate surface area is 101 Å². The van der Waals surface area contributed by atoms with Crippen LogP contribution in [0.2, 0.25) is 0 Å². The Morgan fingerprint density at radius 1 is 1.29 bits per heavy atom. The van der Waals surface area contributed by atoms with Gasteiger partial charge in [0.15, 0.2) is 5.58 Å². The lowest BCUT2D eigenvalue weighted by Crippen LogP contribution is -2.24. The molecule has 0 unspecified atom stereocenters. The van der Waals surface area contributed by atoms with E-state index >= 15 is 0 Å². The second kappa shape index (κ2) is 4.41. The molecule has 3 nitrogen and oxygen atoms in total. The molecule has 1 aliphatic carbocycles. The van der Waals surface area contributed by atoms with Gasteiger partial charge in [-0.25, -0.2) is 0 Å². The molecule has 0 amide bonds. The van der Waals surface area contributed by atoms with Crippen molar-refractivity contribution in [3.63, 3.8) is 0 Å². The zero-order chi connectivity index (χ0) is 11.7. The maximum Gasteiger partial charge on any atom is 0.157 e. The van der Waals surface area contributed by atoms with Crippen LogP contribution in [0.15, 0.2) is 28.7 Å². The largest absolute Gasteiger partial charge is 0.458 e. The quantitative estimate of drug-likeness (QED) is 0.797. The van der Waals surface area contributed by atoms with E-state index in [-0.39, 0.29) is 0 Å². The van der Waals surface area contributed by atoms with Crippen LogP contribution < -0.4 is 11.1 Å². The molecule has 1 fully saturated rings. The molecule has 1 aliphatic rings. The van der Waals surface area contributed by atoms with Gasteiger partial charge in [-0.3, -0.25) is 0 Å². The lowest BCUT2D eigenvalue weighted by molar-refractivity contribution is 0.463. The van der Waals surface area contributed by atoms with Gasteiger partial charge in [0, 0.05) is 11.4 Å². The maximum atomic E-state index is 5.87. The number of furan rings is 1. The zero-order valence-electron chi connectivity index (χ0n) is 9.91. The van der Waals surface area contributed by atoms with Gasteiger partial charge >= 0.3 is 0 Å². The molecule has 1 saturated carbocycles. The average molecular weight is 230 g/mol. The van der Waals surface area contributed by atoms with Crippen molar-refractivity contribution in [3.05, 3.63) is 30.0 Å². The number of nitrogens with one attached hydrogen (secondary N) is 1.